The van der Waals surface area contributed by atoms with Crippen molar-refractivity contribution in [2.45, 2.75) is 26.9 Å². The Morgan fingerprint density at radius 2 is 2.11 bits per heavy atom. The number of hydrogen-bond acceptors (Lipinski definition) is 3. The molecular formula is C15H19NO3. The molecule has 0 saturated heterocycles. The molecule has 0 spiro atoms. The molecule has 2 rings (SSSR count). The summed E-state index contributed by atoms with van der Waals surface area (Å²) in [5.74, 6) is -0.607. The number of fused-ring (bicyclic) bond motifs is 1. The summed E-state index contributed by atoms with van der Waals surface area (Å²) in [6, 6.07) is 5.56. The van der Waals surface area contributed by atoms with Gasteiger partial charge in [0.2, 0.25) is 0 Å². The van der Waals surface area contributed by atoms with E-state index in [1.54, 1.807) is 13.0 Å². The summed E-state index contributed by atoms with van der Waals surface area (Å²) < 4.78 is 6.90. The van der Waals surface area contributed by atoms with Crippen molar-refractivity contribution in [2.24, 2.45) is 7.05 Å². The Hall–Kier alpha value is -1.81. The van der Waals surface area contributed by atoms with E-state index in [1.165, 1.54) is 11.3 Å². The van der Waals surface area contributed by atoms with E-state index in [4.69, 9.17) is 4.74 Å². The monoisotopic (exact) mass is 261 g/mol. The number of ether oxygens (including phenoxy) is 1. The van der Waals surface area contributed by atoms with Gasteiger partial charge in [-0.1, -0.05) is 12.1 Å². The smallest absolute Gasteiger partial charge is 0.339 e. The Morgan fingerprint density at radius 1 is 1.42 bits per heavy atom. The molecule has 102 valence electrons. The molecule has 0 fully saturated rings. The van der Waals surface area contributed by atoms with Crippen LogP contribution in [-0.2, 0) is 16.6 Å². The quantitative estimate of drug-likeness (QED) is 0.863. The Balaban J connectivity index is 2.47. The summed E-state index contributed by atoms with van der Waals surface area (Å²) in [5, 5.41) is 11.1. The van der Waals surface area contributed by atoms with Gasteiger partial charge in [0.25, 0.3) is 0 Å². The van der Waals surface area contributed by atoms with Gasteiger partial charge in [-0.3, -0.25) is 0 Å². The van der Waals surface area contributed by atoms with Gasteiger partial charge in [0.05, 0.1) is 6.61 Å². The van der Waals surface area contributed by atoms with Crippen LogP contribution in [0.15, 0.2) is 18.2 Å². The van der Waals surface area contributed by atoms with E-state index in [2.05, 4.69) is 18.4 Å². The van der Waals surface area contributed by atoms with Crippen LogP contribution in [0.4, 0.5) is 0 Å². The van der Waals surface area contributed by atoms with Crippen LogP contribution in [0.3, 0.4) is 0 Å². The summed E-state index contributed by atoms with van der Waals surface area (Å²) in [4.78, 5) is 11.6. The number of aliphatic hydroxyl groups is 1. The van der Waals surface area contributed by atoms with Crippen molar-refractivity contribution in [1.29, 1.82) is 0 Å². The topological polar surface area (TPSA) is 51.5 Å². The van der Waals surface area contributed by atoms with Crippen molar-refractivity contribution >= 4 is 16.9 Å². The molecule has 4 heteroatoms. The number of benzene rings is 1. The highest BCUT2D eigenvalue weighted by atomic mass is 16.5. The van der Waals surface area contributed by atoms with Gasteiger partial charge in [-0.05, 0) is 38.0 Å². The summed E-state index contributed by atoms with van der Waals surface area (Å²) in [6.07, 6.45) is -1.22. The molecular weight excluding hydrogens is 242 g/mol. The van der Waals surface area contributed by atoms with Gasteiger partial charge >= 0.3 is 5.97 Å². The van der Waals surface area contributed by atoms with Crippen molar-refractivity contribution < 1.29 is 14.6 Å². The lowest BCUT2D eigenvalue weighted by atomic mass is 10.1. The zero-order valence-corrected chi connectivity index (χ0v) is 11.7. The number of carbonyl (C=O) groups is 1. The van der Waals surface area contributed by atoms with Crippen LogP contribution in [0.5, 0.6) is 0 Å². The minimum absolute atomic E-state index is 0.264. The van der Waals surface area contributed by atoms with Gasteiger partial charge in [0, 0.05) is 23.6 Å². The van der Waals surface area contributed by atoms with Crippen molar-refractivity contribution in [3.05, 3.63) is 35.0 Å². The third kappa shape index (κ3) is 2.24. The molecule has 19 heavy (non-hydrogen) atoms. The third-order valence-corrected chi connectivity index (χ3v) is 3.66. The number of aromatic nitrogens is 1. The Labute approximate surface area is 112 Å². The van der Waals surface area contributed by atoms with Gasteiger partial charge in [0.1, 0.15) is 0 Å². The van der Waals surface area contributed by atoms with Crippen molar-refractivity contribution in [2.75, 3.05) is 6.61 Å². The molecule has 0 saturated carbocycles. The van der Waals surface area contributed by atoms with E-state index in [-0.39, 0.29) is 6.61 Å². The molecule has 0 amide bonds. The second kappa shape index (κ2) is 5.05. The van der Waals surface area contributed by atoms with Crippen molar-refractivity contribution in [3.63, 3.8) is 0 Å². The maximum Gasteiger partial charge on any atom is 0.339 e. The minimum atomic E-state index is -1.22. The average molecular weight is 261 g/mol. The second-order valence-electron chi connectivity index (χ2n) is 4.70. The zero-order valence-electron chi connectivity index (χ0n) is 11.7. The van der Waals surface area contributed by atoms with Crippen LogP contribution in [-0.4, -0.2) is 22.2 Å². The molecule has 0 aliphatic carbocycles. The first-order chi connectivity index (χ1) is 8.97. The molecule has 1 atom stereocenters. The summed E-state index contributed by atoms with van der Waals surface area (Å²) in [7, 11) is 1.98. The van der Waals surface area contributed by atoms with Gasteiger partial charge in [0.15, 0.2) is 6.10 Å². The van der Waals surface area contributed by atoms with E-state index in [1.807, 2.05) is 19.2 Å². The number of nitrogens with zero attached hydrogens (tertiary/aromatic N) is 1. The molecule has 1 aromatic carbocycles. The van der Waals surface area contributed by atoms with Crippen molar-refractivity contribution in [3.8, 4) is 0 Å². The van der Waals surface area contributed by atoms with Crippen LogP contribution in [0, 0.1) is 13.8 Å². The number of hydrogen-bond donors (Lipinski definition) is 1. The molecule has 4 nitrogen and oxygen atoms in total. The average Bonchev–Trinajstić information content (AvgIpc) is 2.63. The van der Waals surface area contributed by atoms with Crippen LogP contribution < -0.4 is 0 Å². The van der Waals surface area contributed by atoms with Gasteiger partial charge in [-0.15, -0.1) is 0 Å². The standard InChI is InChI=1S/C15H19NO3/c1-5-19-15(18)14(17)11-6-7-12-9(2)10(3)16(4)13(12)8-11/h6-8,14,17H,5H2,1-4H3. The summed E-state index contributed by atoms with van der Waals surface area (Å²) in [5.41, 5.74) is 3.97. The molecule has 1 aromatic heterocycles. The van der Waals surface area contributed by atoms with Gasteiger partial charge in [-0.25, -0.2) is 4.79 Å². The molecule has 1 heterocycles. The molecule has 2 aromatic rings. The number of carbonyl (C=O) groups excluding carboxylic acids is 1. The lowest BCUT2D eigenvalue weighted by Crippen LogP contribution is -2.15. The van der Waals surface area contributed by atoms with Gasteiger partial charge < -0.3 is 14.4 Å². The zero-order chi connectivity index (χ0) is 14.2. The van der Waals surface area contributed by atoms with E-state index < -0.39 is 12.1 Å². The number of aryl methyl sites for hydroxylation is 2. The van der Waals surface area contributed by atoms with Crippen LogP contribution in [0.1, 0.15) is 29.8 Å². The number of aliphatic hydroxyl groups excluding tert-OH is 1. The molecule has 0 aliphatic rings. The second-order valence-corrected chi connectivity index (χ2v) is 4.70. The fraction of sp³-hybridized carbons (Fsp3) is 0.400. The van der Waals surface area contributed by atoms with Crippen LogP contribution >= 0.6 is 0 Å². The molecule has 1 unspecified atom stereocenters. The molecule has 1 N–H and O–H groups in total. The van der Waals surface area contributed by atoms with Gasteiger partial charge in [-0.2, -0.15) is 0 Å². The Kier molecular flexibility index (Phi) is 3.62. The molecule has 0 bridgehead atoms. The normalized spacial score (nSPS) is 12.7. The van der Waals surface area contributed by atoms with Crippen LogP contribution in [0.25, 0.3) is 10.9 Å². The Morgan fingerprint density at radius 3 is 2.74 bits per heavy atom. The fourth-order valence-electron chi connectivity index (χ4n) is 2.30. The van der Waals surface area contributed by atoms with Crippen LogP contribution in [0.2, 0.25) is 0 Å². The highest BCUT2D eigenvalue weighted by Gasteiger charge is 2.20. The molecule has 0 radical (unpaired) electrons. The third-order valence-electron chi connectivity index (χ3n) is 3.66. The van der Waals surface area contributed by atoms with E-state index in [0.717, 1.165) is 10.9 Å². The maximum absolute atomic E-state index is 11.6. The predicted octanol–water partition coefficient (Wildman–Crippen LogP) is 2.39. The highest BCUT2D eigenvalue weighted by molar-refractivity contribution is 5.87. The lowest BCUT2D eigenvalue weighted by molar-refractivity contribution is -0.153. The lowest BCUT2D eigenvalue weighted by Gasteiger charge is -2.10. The summed E-state index contributed by atoms with van der Waals surface area (Å²) >= 11 is 0. The van der Waals surface area contributed by atoms with Crippen molar-refractivity contribution in [1.82, 2.24) is 4.57 Å². The first kappa shape index (κ1) is 13.6. The number of esters is 1. The largest absolute Gasteiger partial charge is 0.464 e. The fourth-order valence-corrected chi connectivity index (χ4v) is 2.30. The SMILES string of the molecule is CCOC(=O)C(O)c1ccc2c(C)c(C)n(C)c2c1. The van der Waals surface area contributed by atoms with E-state index >= 15 is 0 Å². The highest BCUT2D eigenvalue weighted by Crippen LogP contribution is 2.27. The summed E-state index contributed by atoms with van der Waals surface area (Å²) in [6.45, 7) is 6.11. The first-order valence-electron chi connectivity index (χ1n) is 6.37. The first-order valence-corrected chi connectivity index (χ1v) is 6.37. The Bertz CT molecular complexity index is 628. The number of rotatable bonds is 3. The van der Waals surface area contributed by atoms with E-state index in [9.17, 15) is 9.90 Å². The van der Waals surface area contributed by atoms with E-state index in [0.29, 0.717) is 5.56 Å². The molecule has 0 aliphatic heterocycles. The minimum Gasteiger partial charge on any atom is -0.464 e. The maximum atomic E-state index is 11.6. The predicted molar refractivity (Wildman–Crippen MR) is 74.0 cm³/mol.